The fraction of sp³-hybridized carbons (Fsp3) is 0.174. The molecule has 0 atom stereocenters. The number of methoxy groups -OCH3 is 1. The first kappa shape index (κ1) is 23.1. The molecule has 32 heavy (non-hydrogen) atoms. The van der Waals surface area contributed by atoms with Crippen LogP contribution in [-0.2, 0) is 10.0 Å². The highest BCUT2D eigenvalue weighted by Gasteiger charge is 2.22. The molecule has 3 aromatic rings. The average Bonchev–Trinajstić information content (AvgIpc) is 2.82. The van der Waals surface area contributed by atoms with Crippen molar-refractivity contribution in [3.63, 3.8) is 0 Å². The van der Waals surface area contributed by atoms with Crippen LogP contribution in [0.4, 0.5) is 10.1 Å². The van der Waals surface area contributed by atoms with Gasteiger partial charge in [-0.15, -0.1) is 0 Å². The highest BCUT2D eigenvalue weighted by atomic mass is 32.2. The number of ether oxygens (including phenoxy) is 2. The van der Waals surface area contributed by atoms with Gasteiger partial charge in [-0.05, 0) is 66.7 Å². The minimum absolute atomic E-state index is 0.00831. The van der Waals surface area contributed by atoms with E-state index >= 15 is 0 Å². The van der Waals surface area contributed by atoms with E-state index in [9.17, 15) is 17.6 Å². The van der Waals surface area contributed by atoms with E-state index in [1.54, 1.807) is 24.3 Å². The van der Waals surface area contributed by atoms with Crippen molar-refractivity contribution in [1.29, 1.82) is 0 Å². The summed E-state index contributed by atoms with van der Waals surface area (Å²) in [7, 11) is -0.905. The number of anilines is 1. The van der Waals surface area contributed by atoms with Gasteiger partial charge in [-0.3, -0.25) is 9.10 Å². The third-order valence-corrected chi connectivity index (χ3v) is 6.44. The van der Waals surface area contributed by atoms with Crippen molar-refractivity contribution in [1.82, 2.24) is 5.32 Å². The second-order valence-electron chi connectivity index (χ2n) is 6.76. The van der Waals surface area contributed by atoms with Gasteiger partial charge in [0, 0.05) is 12.6 Å². The van der Waals surface area contributed by atoms with E-state index in [2.05, 4.69) is 5.32 Å². The average molecular weight is 459 g/mol. The minimum Gasteiger partial charge on any atom is -0.497 e. The lowest BCUT2D eigenvalue weighted by atomic mass is 10.2. The maximum atomic E-state index is 13.0. The number of rotatable bonds is 9. The van der Waals surface area contributed by atoms with Crippen LogP contribution < -0.4 is 19.1 Å². The Balaban J connectivity index is 1.63. The van der Waals surface area contributed by atoms with Crippen molar-refractivity contribution in [2.45, 2.75) is 4.90 Å². The Morgan fingerprint density at radius 1 is 1.00 bits per heavy atom. The molecule has 0 bridgehead atoms. The summed E-state index contributed by atoms with van der Waals surface area (Å²) < 4.78 is 50.6. The topological polar surface area (TPSA) is 84.9 Å². The van der Waals surface area contributed by atoms with Crippen LogP contribution in [0.1, 0.15) is 10.4 Å². The third-order valence-electron chi connectivity index (χ3n) is 4.66. The van der Waals surface area contributed by atoms with Gasteiger partial charge < -0.3 is 14.8 Å². The van der Waals surface area contributed by atoms with E-state index in [-0.39, 0.29) is 29.4 Å². The molecule has 168 valence electrons. The van der Waals surface area contributed by atoms with Gasteiger partial charge in [0.1, 0.15) is 23.9 Å². The van der Waals surface area contributed by atoms with Crippen molar-refractivity contribution in [3.8, 4) is 11.5 Å². The zero-order valence-corrected chi connectivity index (χ0v) is 18.4. The first-order chi connectivity index (χ1) is 15.3. The van der Waals surface area contributed by atoms with Crippen LogP contribution in [0.15, 0.2) is 77.7 Å². The van der Waals surface area contributed by atoms with Crippen LogP contribution in [0.2, 0.25) is 0 Å². The number of amides is 1. The van der Waals surface area contributed by atoms with Crippen LogP contribution in [0.5, 0.6) is 11.5 Å². The van der Waals surface area contributed by atoms with Crippen LogP contribution >= 0.6 is 0 Å². The van der Waals surface area contributed by atoms with Gasteiger partial charge in [0.2, 0.25) is 0 Å². The van der Waals surface area contributed by atoms with Crippen LogP contribution in [-0.4, -0.2) is 41.6 Å². The monoisotopic (exact) mass is 458 g/mol. The zero-order valence-electron chi connectivity index (χ0n) is 17.6. The van der Waals surface area contributed by atoms with E-state index in [1.807, 2.05) is 0 Å². The Hall–Kier alpha value is -3.59. The molecule has 3 rings (SSSR count). The Morgan fingerprint density at radius 2 is 1.66 bits per heavy atom. The molecule has 0 aliphatic carbocycles. The molecule has 3 aromatic carbocycles. The molecule has 0 saturated heterocycles. The fourth-order valence-corrected chi connectivity index (χ4v) is 4.10. The lowest BCUT2D eigenvalue weighted by molar-refractivity contribution is 0.0946. The smallest absolute Gasteiger partial charge is 0.264 e. The molecule has 0 radical (unpaired) electrons. The molecule has 0 unspecified atom stereocenters. The zero-order chi connectivity index (χ0) is 23.1. The molecule has 1 amide bonds. The lowest BCUT2D eigenvalue weighted by Crippen LogP contribution is -2.29. The minimum atomic E-state index is -3.88. The number of carbonyl (C=O) groups excluding carboxylic acids is 1. The number of sulfonamides is 1. The molecule has 0 heterocycles. The number of nitrogens with one attached hydrogen (secondary N) is 1. The van der Waals surface area contributed by atoms with Crippen molar-refractivity contribution < 1.29 is 27.1 Å². The number of hydrogen-bond donors (Lipinski definition) is 1. The fourth-order valence-electron chi connectivity index (χ4n) is 2.85. The quantitative estimate of drug-likeness (QED) is 0.497. The summed E-state index contributed by atoms with van der Waals surface area (Å²) in [5.41, 5.74) is 0.662. The lowest BCUT2D eigenvalue weighted by Gasteiger charge is -2.20. The van der Waals surface area contributed by atoms with E-state index < -0.39 is 15.9 Å². The highest BCUT2D eigenvalue weighted by molar-refractivity contribution is 7.92. The molecule has 0 spiro atoms. The molecule has 0 aliphatic rings. The van der Waals surface area contributed by atoms with E-state index in [0.717, 1.165) is 4.31 Å². The normalized spacial score (nSPS) is 11.0. The maximum Gasteiger partial charge on any atom is 0.264 e. The van der Waals surface area contributed by atoms with Gasteiger partial charge in [0.15, 0.2) is 0 Å². The number of benzene rings is 3. The first-order valence-corrected chi connectivity index (χ1v) is 11.1. The Labute approximate surface area is 186 Å². The summed E-state index contributed by atoms with van der Waals surface area (Å²) in [6, 6.07) is 17.9. The van der Waals surface area contributed by atoms with Crippen molar-refractivity contribution in [2.24, 2.45) is 0 Å². The van der Waals surface area contributed by atoms with Crippen LogP contribution in [0.25, 0.3) is 0 Å². The summed E-state index contributed by atoms with van der Waals surface area (Å²) >= 11 is 0. The summed E-state index contributed by atoms with van der Waals surface area (Å²) in [5.74, 6) is 0.298. The standard InChI is InChI=1S/C23H23FN2O5S/c1-26(19-8-12-20(30-2)13-9-19)32(28,29)22-5-3-4-17(16-22)23(27)25-14-15-31-21-10-6-18(24)7-11-21/h3-13,16H,14-15H2,1-2H3,(H,25,27). The summed E-state index contributed by atoms with van der Waals surface area (Å²) in [4.78, 5) is 12.4. The highest BCUT2D eigenvalue weighted by Crippen LogP contribution is 2.24. The molecule has 9 heteroatoms. The SMILES string of the molecule is COc1ccc(N(C)S(=O)(=O)c2cccc(C(=O)NCCOc3ccc(F)cc3)c2)cc1. The molecule has 0 aromatic heterocycles. The van der Waals surface area contributed by atoms with Crippen molar-refractivity contribution in [2.75, 3.05) is 31.6 Å². The second-order valence-corrected chi connectivity index (χ2v) is 8.73. The molecule has 0 aliphatic heterocycles. The predicted molar refractivity (Wildman–Crippen MR) is 119 cm³/mol. The molecule has 0 saturated carbocycles. The van der Waals surface area contributed by atoms with Gasteiger partial charge in [-0.25, -0.2) is 12.8 Å². The predicted octanol–water partition coefficient (Wildman–Crippen LogP) is 3.47. The molecule has 1 N–H and O–H groups in total. The molecule has 7 nitrogen and oxygen atoms in total. The number of hydrogen-bond acceptors (Lipinski definition) is 5. The summed E-state index contributed by atoms with van der Waals surface area (Å²) in [6.45, 7) is 0.370. The largest absolute Gasteiger partial charge is 0.497 e. The van der Waals surface area contributed by atoms with Crippen LogP contribution in [0, 0.1) is 5.82 Å². The van der Waals surface area contributed by atoms with E-state index in [1.165, 1.54) is 62.7 Å². The van der Waals surface area contributed by atoms with Gasteiger partial charge >= 0.3 is 0 Å². The molecule has 0 fully saturated rings. The Bertz CT molecular complexity index is 1170. The van der Waals surface area contributed by atoms with Gasteiger partial charge in [0.05, 0.1) is 24.2 Å². The Morgan fingerprint density at radius 3 is 2.31 bits per heavy atom. The van der Waals surface area contributed by atoms with E-state index in [0.29, 0.717) is 17.2 Å². The first-order valence-electron chi connectivity index (χ1n) is 9.71. The molecular weight excluding hydrogens is 435 g/mol. The number of carbonyl (C=O) groups is 1. The maximum absolute atomic E-state index is 13.0. The van der Waals surface area contributed by atoms with Gasteiger partial charge in [-0.1, -0.05) is 6.07 Å². The van der Waals surface area contributed by atoms with Gasteiger partial charge in [-0.2, -0.15) is 0 Å². The number of nitrogens with zero attached hydrogens (tertiary/aromatic N) is 1. The Kier molecular flexibility index (Phi) is 7.32. The number of halogens is 1. The van der Waals surface area contributed by atoms with Crippen molar-refractivity contribution in [3.05, 3.63) is 84.2 Å². The third kappa shape index (κ3) is 5.55. The summed E-state index contributed by atoms with van der Waals surface area (Å²) in [5, 5.41) is 2.67. The van der Waals surface area contributed by atoms with Gasteiger partial charge in [0.25, 0.3) is 15.9 Å². The van der Waals surface area contributed by atoms with Crippen molar-refractivity contribution >= 4 is 21.6 Å². The van der Waals surface area contributed by atoms with Crippen LogP contribution in [0.3, 0.4) is 0 Å². The van der Waals surface area contributed by atoms with E-state index in [4.69, 9.17) is 9.47 Å². The second kappa shape index (κ2) is 10.1. The summed E-state index contributed by atoms with van der Waals surface area (Å²) in [6.07, 6.45) is 0. The molecular formula is C23H23FN2O5S.